The number of hydrogen-bond donors (Lipinski definition) is 0. The fraction of sp³-hybridized carbons (Fsp3) is 0.174. The number of nitriles is 1. The molecule has 2 aromatic carbocycles. The van der Waals surface area contributed by atoms with Crippen LogP contribution < -0.4 is 9.47 Å². The Hall–Kier alpha value is -3.92. The van der Waals surface area contributed by atoms with Crippen LogP contribution in [0.1, 0.15) is 25.0 Å². The highest BCUT2D eigenvalue weighted by molar-refractivity contribution is 5.98. The highest BCUT2D eigenvalue weighted by Crippen LogP contribution is 2.29. The molecule has 0 saturated heterocycles. The molecule has 0 aliphatic heterocycles. The average Bonchev–Trinajstić information content (AvgIpc) is 2.73. The van der Waals surface area contributed by atoms with Gasteiger partial charge in [0.25, 0.3) is 0 Å². The lowest BCUT2D eigenvalue weighted by molar-refractivity contribution is -0.138. The number of esters is 2. The number of hydrogen-bond acceptors (Lipinski definition) is 6. The summed E-state index contributed by atoms with van der Waals surface area (Å²) in [6.07, 6.45) is 4.07. The highest BCUT2D eigenvalue weighted by atomic mass is 19.1. The van der Waals surface area contributed by atoms with Crippen LogP contribution >= 0.6 is 0 Å². The molecule has 0 amide bonds. The van der Waals surface area contributed by atoms with Crippen LogP contribution in [0.3, 0.4) is 0 Å². The number of carbonyl (C=O) groups excluding carboxylic acids is 2. The molecule has 2 rings (SSSR count). The number of carbonyl (C=O) groups is 2. The molecule has 0 aromatic heterocycles. The van der Waals surface area contributed by atoms with Crippen molar-refractivity contribution in [2.24, 2.45) is 0 Å². The Morgan fingerprint density at radius 3 is 2.37 bits per heavy atom. The van der Waals surface area contributed by atoms with E-state index in [2.05, 4.69) is 0 Å². The van der Waals surface area contributed by atoms with E-state index in [9.17, 15) is 14.0 Å². The molecule has 0 aliphatic rings. The van der Waals surface area contributed by atoms with E-state index in [1.54, 1.807) is 32.0 Å². The van der Waals surface area contributed by atoms with E-state index < -0.39 is 11.9 Å². The van der Waals surface area contributed by atoms with Crippen molar-refractivity contribution < 1.29 is 28.2 Å². The first kappa shape index (κ1) is 22.4. The predicted molar refractivity (Wildman–Crippen MR) is 109 cm³/mol. The second-order valence-corrected chi connectivity index (χ2v) is 5.84. The number of ether oxygens (including phenoxy) is 3. The topological polar surface area (TPSA) is 85.6 Å². The first-order valence-corrected chi connectivity index (χ1v) is 9.18. The van der Waals surface area contributed by atoms with Crippen molar-refractivity contribution in [3.8, 4) is 17.6 Å². The van der Waals surface area contributed by atoms with Crippen LogP contribution in [0, 0.1) is 17.1 Å². The normalized spacial score (nSPS) is 11.1. The second kappa shape index (κ2) is 11.2. The van der Waals surface area contributed by atoms with E-state index in [-0.39, 0.29) is 29.5 Å². The molecule has 2 aromatic rings. The van der Waals surface area contributed by atoms with E-state index >= 15 is 0 Å². The fourth-order valence-electron chi connectivity index (χ4n) is 2.36. The Morgan fingerprint density at radius 1 is 1.03 bits per heavy atom. The van der Waals surface area contributed by atoms with Crippen LogP contribution in [0.5, 0.6) is 11.5 Å². The molecular weight excluding hydrogens is 389 g/mol. The van der Waals surface area contributed by atoms with Gasteiger partial charge in [0.15, 0.2) is 11.5 Å². The average molecular weight is 409 g/mol. The standard InChI is InChI=1S/C23H20FNO5/c1-3-28-21-14-17(13-18(15-25)23(27)29-4-2)7-11-20(21)30-22(26)12-8-16-5-9-19(24)10-6-16/h5-14H,3-4H2,1-2H3. The Balaban J connectivity index is 2.20. The van der Waals surface area contributed by atoms with Gasteiger partial charge >= 0.3 is 11.9 Å². The molecule has 154 valence electrons. The molecule has 0 atom stereocenters. The third kappa shape index (κ3) is 6.60. The maximum Gasteiger partial charge on any atom is 0.348 e. The van der Waals surface area contributed by atoms with Crippen LogP contribution in [0.15, 0.2) is 54.1 Å². The zero-order chi connectivity index (χ0) is 21.9. The molecule has 0 radical (unpaired) electrons. The SMILES string of the molecule is CCOC(=O)C(C#N)=Cc1ccc(OC(=O)C=Cc2ccc(F)cc2)c(OCC)c1. The lowest BCUT2D eigenvalue weighted by atomic mass is 10.1. The molecule has 0 aliphatic carbocycles. The maximum absolute atomic E-state index is 12.9. The summed E-state index contributed by atoms with van der Waals surface area (Å²) in [4.78, 5) is 23.9. The van der Waals surface area contributed by atoms with Crippen LogP contribution in [-0.2, 0) is 14.3 Å². The van der Waals surface area contributed by atoms with Crippen molar-refractivity contribution in [1.82, 2.24) is 0 Å². The molecule has 0 N–H and O–H groups in total. The van der Waals surface area contributed by atoms with Gasteiger partial charge in [-0.3, -0.25) is 0 Å². The smallest absolute Gasteiger partial charge is 0.348 e. The Kier molecular flexibility index (Phi) is 8.33. The molecule has 0 fully saturated rings. The zero-order valence-corrected chi connectivity index (χ0v) is 16.6. The molecule has 6 nitrogen and oxygen atoms in total. The second-order valence-electron chi connectivity index (χ2n) is 5.84. The quantitative estimate of drug-likeness (QED) is 0.279. The third-order valence-corrected chi connectivity index (χ3v) is 3.69. The van der Waals surface area contributed by atoms with Gasteiger partial charge in [0, 0.05) is 6.08 Å². The first-order chi connectivity index (χ1) is 14.5. The van der Waals surface area contributed by atoms with Gasteiger partial charge in [-0.15, -0.1) is 0 Å². The molecule has 0 spiro atoms. The van der Waals surface area contributed by atoms with Crippen LogP contribution in [0.4, 0.5) is 4.39 Å². The molecule has 0 bridgehead atoms. The van der Waals surface area contributed by atoms with Crippen LogP contribution in [-0.4, -0.2) is 25.2 Å². The van der Waals surface area contributed by atoms with Crippen molar-refractivity contribution in [3.05, 3.63) is 71.1 Å². The molecule has 30 heavy (non-hydrogen) atoms. The van der Waals surface area contributed by atoms with Crippen molar-refractivity contribution >= 4 is 24.1 Å². The summed E-state index contributed by atoms with van der Waals surface area (Å²) in [5.41, 5.74) is 0.984. The number of nitrogens with zero attached hydrogens (tertiary/aromatic N) is 1. The predicted octanol–water partition coefficient (Wildman–Crippen LogP) is 4.31. The molecule has 0 unspecified atom stereocenters. The van der Waals surface area contributed by atoms with Crippen LogP contribution in [0.25, 0.3) is 12.2 Å². The lowest BCUT2D eigenvalue weighted by Crippen LogP contribution is -2.07. The number of halogens is 1. The van der Waals surface area contributed by atoms with E-state index in [0.717, 1.165) is 0 Å². The molecule has 7 heteroatoms. The number of rotatable bonds is 8. The van der Waals surface area contributed by atoms with E-state index in [4.69, 9.17) is 19.5 Å². The minimum Gasteiger partial charge on any atom is -0.490 e. The Morgan fingerprint density at radius 2 is 1.73 bits per heavy atom. The zero-order valence-electron chi connectivity index (χ0n) is 16.6. The van der Waals surface area contributed by atoms with Crippen molar-refractivity contribution in [1.29, 1.82) is 5.26 Å². The monoisotopic (exact) mass is 409 g/mol. The number of benzene rings is 2. The maximum atomic E-state index is 12.9. The summed E-state index contributed by atoms with van der Waals surface area (Å²) in [5.74, 6) is -1.28. The summed E-state index contributed by atoms with van der Waals surface area (Å²) < 4.78 is 28.6. The Labute approximate surface area is 173 Å². The van der Waals surface area contributed by atoms with Gasteiger partial charge in [0.05, 0.1) is 13.2 Å². The molecular formula is C23H20FNO5. The summed E-state index contributed by atoms with van der Waals surface area (Å²) in [6, 6.07) is 12.1. The van der Waals surface area contributed by atoms with E-state index in [1.807, 2.05) is 0 Å². The van der Waals surface area contributed by atoms with Gasteiger partial charge in [0.1, 0.15) is 17.5 Å². The highest BCUT2D eigenvalue weighted by Gasteiger charge is 2.13. The first-order valence-electron chi connectivity index (χ1n) is 9.18. The van der Waals surface area contributed by atoms with Crippen molar-refractivity contribution in [2.45, 2.75) is 13.8 Å². The minimum absolute atomic E-state index is 0.155. The minimum atomic E-state index is -0.723. The van der Waals surface area contributed by atoms with Crippen LogP contribution in [0.2, 0.25) is 0 Å². The van der Waals surface area contributed by atoms with Crippen molar-refractivity contribution in [3.63, 3.8) is 0 Å². The van der Waals surface area contributed by atoms with E-state index in [0.29, 0.717) is 17.7 Å². The van der Waals surface area contributed by atoms with Crippen molar-refractivity contribution in [2.75, 3.05) is 13.2 Å². The largest absolute Gasteiger partial charge is 0.490 e. The van der Waals surface area contributed by atoms with Gasteiger partial charge in [-0.2, -0.15) is 5.26 Å². The molecule has 0 heterocycles. The summed E-state index contributed by atoms with van der Waals surface area (Å²) in [6.45, 7) is 3.88. The lowest BCUT2D eigenvalue weighted by Gasteiger charge is -2.10. The van der Waals surface area contributed by atoms with Gasteiger partial charge in [0.2, 0.25) is 0 Å². The fourth-order valence-corrected chi connectivity index (χ4v) is 2.36. The van der Waals surface area contributed by atoms with Gasteiger partial charge in [-0.1, -0.05) is 18.2 Å². The van der Waals surface area contributed by atoms with Gasteiger partial charge in [-0.05, 0) is 61.4 Å². The third-order valence-electron chi connectivity index (χ3n) is 3.69. The van der Waals surface area contributed by atoms with Gasteiger partial charge in [-0.25, -0.2) is 14.0 Å². The summed E-state index contributed by atoms with van der Waals surface area (Å²) in [7, 11) is 0. The Bertz CT molecular complexity index is 1000. The van der Waals surface area contributed by atoms with E-state index in [1.165, 1.54) is 48.6 Å². The summed E-state index contributed by atoms with van der Waals surface area (Å²) in [5, 5.41) is 9.15. The molecule has 0 saturated carbocycles. The summed E-state index contributed by atoms with van der Waals surface area (Å²) >= 11 is 0. The van der Waals surface area contributed by atoms with Gasteiger partial charge < -0.3 is 14.2 Å².